The monoisotopic (exact) mass is 407 g/mol. The van der Waals surface area contributed by atoms with E-state index in [1.54, 1.807) is 6.20 Å². The molecule has 0 amide bonds. The molecular formula is C23H26ClN5. The third kappa shape index (κ3) is 4.01. The maximum Gasteiger partial charge on any atom is 0.0756 e. The van der Waals surface area contributed by atoms with Crippen LogP contribution in [0.1, 0.15) is 25.3 Å². The van der Waals surface area contributed by atoms with Crippen molar-refractivity contribution in [3.8, 4) is 11.3 Å². The molecule has 0 saturated carbocycles. The summed E-state index contributed by atoms with van der Waals surface area (Å²) < 4.78 is 0. The van der Waals surface area contributed by atoms with Crippen LogP contribution in [0.4, 0.5) is 0 Å². The van der Waals surface area contributed by atoms with E-state index >= 15 is 0 Å². The second-order valence-corrected chi connectivity index (χ2v) is 7.85. The molecule has 1 saturated heterocycles. The molecule has 2 aromatic heterocycles. The molecule has 0 atom stereocenters. The summed E-state index contributed by atoms with van der Waals surface area (Å²) >= 11 is 6.51. The number of halogens is 1. The van der Waals surface area contributed by atoms with Gasteiger partial charge in [-0.05, 0) is 24.1 Å². The number of aromatic amines is 1. The molecule has 0 unspecified atom stereocenters. The van der Waals surface area contributed by atoms with Crippen LogP contribution in [0.5, 0.6) is 0 Å². The summed E-state index contributed by atoms with van der Waals surface area (Å²) in [7, 11) is 0. The average molecular weight is 408 g/mol. The van der Waals surface area contributed by atoms with Gasteiger partial charge < -0.3 is 9.80 Å². The van der Waals surface area contributed by atoms with Gasteiger partial charge in [-0.1, -0.05) is 50.2 Å². The molecule has 0 spiro atoms. The number of fused-ring (bicyclic) bond motifs is 1. The van der Waals surface area contributed by atoms with Crippen molar-refractivity contribution < 1.29 is 0 Å². The van der Waals surface area contributed by atoms with Gasteiger partial charge in [0.05, 0.1) is 22.4 Å². The van der Waals surface area contributed by atoms with E-state index in [4.69, 9.17) is 16.6 Å². The maximum absolute atomic E-state index is 6.51. The number of nitrogens with zero attached hydrogens (tertiary/aromatic N) is 4. The topological polar surface area (TPSA) is 48.0 Å². The van der Waals surface area contributed by atoms with Gasteiger partial charge in [0, 0.05) is 54.7 Å². The van der Waals surface area contributed by atoms with Gasteiger partial charge in [-0.3, -0.25) is 5.10 Å². The van der Waals surface area contributed by atoms with Crippen molar-refractivity contribution in [3.05, 3.63) is 66.1 Å². The molecule has 1 aromatic carbocycles. The van der Waals surface area contributed by atoms with Crippen molar-refractivity contribution in [2.24, 2.45) is 0 Å². The van der Waals surface area contributed by atoms with E-state index in [1.165, 1.54) is 5.70 Å². The first kappa shape index (κ1) is 19.5. The van der Waals surface area contributed by atoms with Gasteiger partial charge in [0.25, 0.3) is 0 Å². The van der Waals surface area contributed by atoms with Crippen molar-refractivity contribution in [2.45, 2.75) is 19.8 Å². The van der Waals surface area contributed by atoms with E-state index in [0.717, 1.165) is 72.4 Å². The minimum Gasteiger partial charge on any atom is -0.372 e. The summed E-state index contributed by atoms with van der Waals surface area (Å²) in [6.45, 7) is 14.7. The second kappa shape index (κ2) is 8.29. The Kier molecular flexibility index (Phi) is 5.58. The molecule has 1 aliphatic heterocycles. The van der Waals surface area contributed by atoms with Gasteiger partial charge in [-0.15, -0.1) is 0 Å². The molecule has 6 heteroatoms. The van der Waals surface area contributed by atoms with Crippen LogP contribution in [-0.2, 0) is 0 Å². The normalized spacial score (nSPS) is 14.4. The second-order valence-electron chi connectivity index (χ2n) is 7.45. The van der Waals surface area contributed by atoms with Crippen LogP contribution >= 0.6 is 11.6 Å². The summed E-state index contributed by atoms with van der Waals surface area (Å²) in [6, 6.07) is 8.07. The van der Waals surface area contributed by atoms with E-state index in [2.05, 4.69) is 52.2 Å². The molecule has 5 nitrogen and oxygen atoms in total. The van der Waals surface area contributed by atoms with Crippen molar-refractivity contribution in [1.82, 2.24) is 25.0 Å². The smallest absolute Gasteiger partial charge is 0.0756 e. The fourth-order valence-electron chi connectivity index (χ4n) is 3.83. The Balaban J connectivity index is 1.55. The standard InChI is InChI=1S/C23H26ClN5/c1-4-5-16(2)28-8-10-29(11-9-28)17(3)18-6-7-20-21(24)13-22(27-23(20)12-18)19-14-25-26-15-19/h6-7,12-15H,2-5,8-11H2,1H3,(H,25,26). The zero-order valence-electron chi connectivity index (χ0n) is 16.8. The number of hydrogen-bond donors (Lipinski definition) is 1. The van der Waals surface area contributed by atoms with E-state index in [1.807, 2.05) is 18.3 Å². The van der Waals surface area contributed by atoms with Crippen molar-refractivity contribution in [1.29, 1.82) is 0 Å². The fourth-order valence-corrected chi connectivity index (χ4v) is 4.09. The lowest BCUT2D eigenvalue weighted by Gasteiger charge is -2.39. The lowest BCUT2D eigenvalue weighted by atomic mass is 10.1. The molecule has 29 heavy (non-hydrogen) atoms. The van der Waals surface area contributed by atoms with E-state index < -0.39 is 0 Å². The summed E-state index contributed by atoms with van der Waals surface area (Å²) in [5.74, 6) is 0. The number of hydrogen-bond acceptors (Lipinski definition) is 4. The molecule has 150 valence electrons. The van der Waals surface area contributed by atoms with Gasteiger partial charge in [0.1, 0.15) is 0 Å². The van der Waals surface area contributed by atoms with Crippen LogP contribution in [-0.4, -0.2) is 51.2 Å². The van der Waals surface area contributed by atoms with Gasteiger partial charge in [-0.2, -0.15) is 5.10 Å². The Morgan fingerprint density at radius 3 is 2.59 bits per heavy atom. The molecule has 0 aliphatic carbocycles. The zero-order valence-corrected chi connectivity index (χ0v) is 17.5. The van der Waals surface area contributed by atoms with Gasteiger partial charge in [0.15, 0.2) is 0 Å². The molecule has 0 bridgehead atoms. The molecular weight excluding hydrogens is 382 g/mol. The Morgan fingerprint density at radius 2 is 1.90 bits per heavy atom. The molecule has 4 rings (SSSR count). The van der Waals surface area contributed by atoms with Crippen molar-refractivity contribution in [2.75, 3.05) is 26.2 Å². The van der Waals surface area contributed by atoms with Crippen LogP contribution in [0.3, 0.4) is 0 Å². The summed E-state index contributed by atoms with van der Waals surface area (Å²) in [5.41, 5.74) is 5.94. The van der Waals surface area contributed by atoms with E-state index in [9.17, 15) is 0 Å². The highest BCUT2D eigenvalue weighted by Crippen LogP contribution is 2.30. The first-order valence-electron chi connectivity index (χ1n) is 10.0. The highest BCUT2D eigenvalue weighted by molar-refractivity contribution is 6.35. The average Bonchev–Trinajstić information content (AvgIpc) is 3.28. The van der Waals surface area contributed by atoms with Crippen LogP contribution in [0.25, 0.3) is 27.9 Å². The Morgan fingerprint density at radius 1 is 1.14 bits per heavy atom. The predicted octanol–water partition coefficient (Wildman–Crippen LogP) is 5.18. The predicted molar refractivity (Wildman–Crippen MR) is 121 cm³/mol. The van der Waals surface area contributed by atoms with Crippen molar-refractivity contribution in [3.63, 3.8) is 0 Å². The number of piperazine rings is 1. The minimum absolute atomic E-state index is 0.686. The SMILES string of the molecule is C=C(CCC)N1CCN(C(=C)c2ccc3c(Cl)cc(-c4cn[nH]c4)nc3c2)CC1. The van der Waals surface area contributed by atoms with Gasteiger partial charge in [-0.25, -0.2) is 4.98 Å². The summed E-state index contributed by atoms with van der Waals surface area (Å²) in [5, 5.41) is 8.46. The Labute approximate surface area is 176 Å². The molecule has 3 aromatic rings. The first-order chi connectivity index (χ1) is 14.1. The van der Waals surface area contributed by atoms with Crippen molar-refractivity contribution >= 4 is 28.2 Å². The quantitative estimate of drug-likeness (QED) is 0.611. The molecule has 3 heterocycles. The zero-order chi connectivity index (χ0) is 20.4. The lowest BCUT2D eigenvalue weighted by Crippen LogP contribution is -2.44. The fraction of sp³-hybridized carbons (Fsp3) is 0.304. The van der Waals surface area contributed by atoms with Crippen LogP contribution in [0, 0.1) is 0 Å². The highest BCUT2D eigenvalue weighted by atomic mass is 35.5. The number of rotatable bonds is 6. The lowest BCUT2D eigenvalue weighted by molar-refractivity contribution is 0.209. The van der Waals surface area contributed by atoms with E-state index in [0.29, 0.717) is 5.02 Å². The minimum atomic E-state index is 0.686. The number of nitrogens with one attached hydrogen (secondary N) is 1. The largest absolute Gasteiger partial charge is 0.372 e. The number of benzene rings is 1. The van der Waals surface area contributed by atoms with Gasteiger partial charge >= 0.3 is 0 Å². The Bertz CT molecular complexity index is 1030. The van der Waals surface area contributed by atoms with Gasteiger partial charge in [0.2, 0.25) is 0 Å². The van der Waals surface area contributed by atoms with E-state index in [-0.39, 0.29) is 0 Å². The molecule has 0 radical (unpaired) electrons. The number of H-pyrrole nitrogens is 1. The first-order valence-corrected chi connectivity index (χ1v) is 10.4. The third-order valence-electron chi connectivity index (χ3n) is 5.53. The number of allylic oxidation sites excluding steroid dienone is 1. The molecule has 1 aliphatic rings. The molecule has 1 fully saturated rings. The molecule has 1 N–H and O–H groups in total. The summed E-state index contributed by atoms with van der Waals surface area (Å²) in [4.78, 5) is 9.54. The maximum atomic E-state index is 6.51. The Hall–Kier alpha value is -2.79. The van der Waals surface area contributed by atoms with Crippen LogP contribution in [0.15, 0.2) is 55.5 Å². The van der Waals surface area contributed by atoms with Crippen LogP contribution in [0.2, 0.25) is 5.02 Å². The third-order valence-corrected chi connectivity index (χ3v) is 5.85. The highest BCUT2D eigenvalue weighted by Gasteiger charge is 2.19. The number of aromatic nitrogens is 3. The van der Waals surface area contributed by atoms with Crippen LogP contribution < -0.4 is 0 Å². The summed E-state index contributed by atoms with van der Waals surface area (Å²) in [6.07, 6.45) is 5.77. The number of pyridine rings is 1.